The molecule has 1 fully saturated rings. The Hall–Kier alpha value is -0.860. The van der Waals surface area contributed by atoms with Crippen LogP contribution in [0.25, 0.3) is 0 Å². The molecule has 0 aliphatic carbocycles. The number of hydrogen-bond acceptors (Lipinski definition) is 2. The summed E-state index contributed by atoms with van der Waals surface area (Å²) in [5.74, 6) is 0. The zero-order chi connectivity index (χ0) is 8.39. The summed E-state index contributed by atoms with van der Waals surface area (Å²) in [5, 5.41) is 12.2. The van der Waals surface area contributed by atoms with Crippen LogP contribution < -0.4 is 5.32 Å². The zero-order valence-corrected chi connectivity index (χ0v) is 6.96. The molecule has 12 heavy (non-hydrogen) atoms. The summed E-state index contributed by atoms with van der Waals surface area (Å²) < 4.78 is 0. The molecule has 0 spiro atoms. The minimum absolute atomic E-state index is 0.139. The van der Waals surface area contributed by atoms with Gasteiger partial charge in [0.15, 0.2) is 0 Å². The molecule has 2 rings (SSSR count). The van der Waals surface area contributed by atoms with Crippen LogP contribution >= 0.6 is 0 Å². The molecular formula is C10H13NO. The molecule has 2 N–H and O–H groups in total. The van der Waals surface area contributed by atoms with E-state index in [1.807, 2.05) is 12.1 Å². The molecule has 1 aliphatic heterocycles. The van der Waals surface area contributed by atoms with E-state index in [4.69, 9.17) is 5.11 Å². The first-order valence-corrected chi connectivity index (χ1v) is 4.33. The molecule has 0 radical (unpaired) electrons. The van der Waals surface area contributed by atoms with E-state index in [-0.39, 0.29) is 6.61 Å². The van der Waals surface area contributed by atoms with E-state index >= 15 is 0 Å². The normalized spacial score (nSPS) is 21.9. The van der Waals surface area contributed by atoms with Crippen molar-refractivity contribution in [2.75, 3.05) is 6.54 Å². The molecule has 1 saturated heterocycles. The van der Waals surface area contributed by atoms with Crippen LogP contribution in [0.5, 0.6) is 0 Å². The lowest BCUT2D eigenvalue weighted by molar-refractivity contribution is 0.281. The number of nitrogens with one attached hydrogen (secondary N) is 1. The number of rotatable bonds is 2. The smallest absolute Gasteiger partial charge is 0.0681 e. The Morgan fingerprint density at radius 2 is 2.33 bits per heavy atom. The second-order valence-electron chi connectivity index (χ2n) is 3.20. The lowest BCUT2D eigenvalue weighted by Crippen LogP contribution is -2.34. The van der Waals surface area contributed by atoms with Gasteiger partial charge in [-0.2, -0.15) is 0 Å². The highest BCUT2D eigenvalue weighted by Crippen LogP contribution is 2.23. The lowest BCUT2D eigenvalue weighted by Gasteiger charge is -2.28. The quantitative estimate of drug-likeness (QED) is 0.687. The highest BCUT2D eigenvalue weighted by molar-refractivity contribution is 5.26. The number of aliphatic hydroxyl groups excluding tert-OH is 1. The maximum absolute atomic E-state index is 8.91. The van der Waals surface area contributed by atoms with Crippen LogP contribution in [0.15, 0.2) is 24.3 Å². The van der Waals surface area contributed by atoms with Crippen LogP contribution in [-0.2, 0) is 6.61 Å². The van der Waals surface area contributed by atoms with Gasteiger partial charge < -0.3 is 10.4 Å². The maximum atomic E-state index is 8.91. The molecule has 1 heterocycles. The van der Waals surface area contributed by atoms with E-state index in [0.717, 1.165) is 12.1 Å². The summed E-state index contributed by atoms with van der Waals surface area (Å²) in [4.78, 5) is 0. The largest absolute Gasteiger partial charge is 0.392 e. The molecule has 1 aromatic carbocycles. The van der Waals surface area contributed by atoms with Crippen molar-refractivity contribution in [2.45, 2.75) is 19.1 Å². The minimum atomic E-state index is 0.139. The van der Waals surface area contributed by atoms with Gasteiger partial charge in [-0.3, -0.25) is 0 Å². The van der Waals surface area contributed by atoms with Crippen LogP contribution in [0.2, 0.25) is 0 Å². The SMILES string of the molecule is OCc1cccc([C@H]2CCN2)c1. The van der Waals surface area contributed by atoms with Crippen LogP contribution in [0, 0.1) is 0 Å². The van der Waals surface area contributed by atoms with Crippen LogP contribution in [0.4, 0.5) is 0 Å². The van der Waals surface area contributed by atoms with Crippen molar-refractivity contribution >= 4 is 0 Å². The van der Waals surface area contributed by atoms with E-state index < -0.39 is 0 Å². The molecular weight excluding hydrogens is 150 g/mol. The zero-order valence-electron chi connectivity index (χ0n) is 6.96. The first-order chi connectivity index (χ1) is 5.90. The lowest BCUT2D eigenvalue weighted by atomic mass is 9.97. The monoisotopic (exact) mass is 163 g/mol. The Labute approximate surface area is 72.2 Å². The average Bonchev–Trinajstić information content (AvgIpc) is 2.02. The average molecular weight is 163 g/mol. The molecule has 64 valence electrons. The van der Waals surface area contributed by atoms with Gasteiger partial charge in [-0.1, -0.05) is 24.3 Å². The number of benzene rings is 1. The summed E-state index contributed by atoms with van der Waals surface area (Å²) >= 11 is 0. The second kappa shape index (κ2) is 3.25. The van der Waals surface area contributed by atoms with E-state index in [1.54, 1.807) is 0 Å². The van der Waals surface area contributed by atoms with Crippen LogP contribution in [0.1, 0.15) is 23.6 Å². The summed E-state index contributed by atoms with van der Waals surface area (Å²) in [6.07, 6.45) is 1.22. The predicted molar refractivity (Wildman–Crippen MR) is 47.7 cm³/mol. The first-order valence-electron chi connectivity index (χ1n) is 4.33. The Balaban J connectivity index is 2.19. The third-order valence-corrected chi connectivity index (χ3v) is 2.36. The molecule has 0 bridgehead atoms. The standard InChI is InChI=1S/C10H13NO/c12-7-8-2-1-3-9(6-8)10-4-5-11-10/h1-3,6,10-12H,4-5,7H2/t10-/m1/s1. The van der Waals surface area contributed by atoms with Gasteiger partial charge in [-0.25, -0.2) is 0 Å². The van der Waals surface area contributed by atoms with Gasteiger partial charge in [0, 0.05) is 6.04 Å². The molecule has 2 nitrogen and oxygen atoms in total. The molecule has 1 atom stereocenters. The van der Waals surface area contributed by atoms with Crippen molar-refractivity contribution in [3.05, 3.63) is 35.4 Å². The molecule has 0 unspecified atom stereocenters. The maximum Gasteiger partial charge on any atom is 0.0681 e. The third kappa shape index (κ3) is 1.36. The van der Waals surface area contributed by atoms with Crippen molar-refractivity contribution in [2.24, 2.45) is 0 Å². The molecule has 0 saturated carbocycles. The summed E-state index contributed by atoms with van der Waals surface area (Å²) in [7, 11) is 0. The van der Waals surface area contributed by atoms with Gasteiger partial charge in [-0.15, -0.1) is 0 Å². The van der Waals surface area contributed by atoms with Crippen molar-refractivity contribution < 1.29 is 5.11 Å². The molecule has 2 heteroatoms. The molecule has 0 amide bonds. The van der Waals surface area contributed by atoms with Crippen molar-refractivity contribution in [3.8, 4) is 0 Å². The minimum Gasteiger partial charge on any atom is -0.392 e. The van der Waals surface area contributed by atoms with Gasteiger partial charge in [0.05, 0.1) is 6.61 Å². The van der Waals surface area contributed by atoms with Gasteiger partial charge >= 0.3 is 0 Å². The molecule has 1 aliphatic rings. The van der Waals surface area contributed by atoms with E-state index in [2.05, 4.69) is 17.4 Å². The van der Waals surface area contributed by atoms with E-state index in [0.29, 0.717) is 6.04 Å². The first kappa shape index (κ1) is 7.77. The fraction of sp³-hybridized carbons (Fsp3) is 0.400. The second-order valence-corrected chi connectivity index (χ2v) is 3.20. The van der Waals surface area contributed by atoms with Gasteiger partial charge in [0.25, 0.3) is 0 Å². The molecule has 1 aromatic rings. The summed E-state index contributed by atoms with van der Waals surface area (Å²) in [6, 6.07) is 8.65. The van der Waals surface area contributed by atoms with Crippen LogP contribution in [0.3, 0.4) is 0 Å². The highest BCUT2D eigenvalue weighted by atomic mass is 16.3. The van der Waals surface area contributed by atoms with Gasteiger partial charge in [0.2, 0.25) is 0 Å². The fourth-order valence-corrected chi connectivity index (χ4v) is 1.48. The van der Waals surface area contributed by atoms with E-state index in [1.165, 1.54) is 12.0 Å². The fourth-order valence-electron chi connectivity index (χ4n) is 1.48. The summed E-state index contributed by atoms with van der Waals surface area (Å²) in [5.41, 5.74) is 2.30. The number of aliphatic hydroxyl groups is 1. The number of hydrogen-bond donors (Lipinski definition) is 2. The summed E-state index contributed by atoms with van der Waals surface area (Å²) in [6.45, 7) is 1.26. The Bertz CT molecular complexity index is 268. The van der Waals surface area contributed by atoms with Crippen molar-refractivity contribution in [1.82, 2.24) is 5.32 Å². The van der Waals surface area contributed by atoms with Crippen LogP contribution in [-0.4, -0.2) is 11.7 Å². The topological polar surface area (TPSA) is 32.3 Å². The third-order valence-electron chi connectivity index (χ3n) is 2.36. The van der Waals surface area contributed by atoms with Crippen molar-refractivity contribution in [1.29, 1.82) is 0 Å². The van der Waals surface area contributed by atoms with Crippen molar-refractivity contribution in [3.63, 3.8) is 0 Å². The Morgan fingerprint density at radius 1 is 1.50 bits per heavy atom. The van der Waals surface area contributed by atoms with Gasteiger partial charge in [0.1, 0.15) is 0 Å². The van der Waals surface area contributed by atoms with E-state index in [9.17, 15) is 0 Å². The Morgan fingerprint density at radius 3 is 2.92 bits per heavy atom. The molecule has 0 aromatic heterocycles. The van der Waals surface area contributed by atoms with Gasteiger partial charge in [-0.05, 0) is 24.1 Å². The Kier molecular flexibility index (Phi) is 2.11. The predicted octanol–water partition coefficient (Wildman–Crippen LogP) is 1.21. The highest BCUT2D eigenvalue weighted by Gasteiger charge is 2.17.